The normalized spacial score (nSPS) is 16.9. The zero-order valence-corrected chi connectivity index (χ0v) is 11.4. The van der Waals surface area contributed by atoms with Crippen LogP contribution in [0.1, 0.15) is 17.2 Å². The topological polar surface area (TPSA) is 30.7 Å². The molecule has 0 amide bonds. The number of hydrogen-bond donors (Lipinski definition) is 0. The average Bonchev–Trinajstić information content (AvgIpc) is 3.07. The van der Waals surface area contributed by atoms with E-state index in [1.54, 1.807) is 6.20 Å². The Labute approximate surface area is 122 Å². The number of hydrogen-bond acceptors (Lipinski definition) is 2. The minimum absolute atomic E-state index is 0.188. The van der Waals surface area contributed by atoms with E-state index >= 15 is 0 Å². The maximum atomic E-state index is 13.0. The van der Waals surface area contributed by atoms with Crippen LogP contribution in [0.5, 0.6) is 0 Å². The maximum absolute atomic E-state index is 13.0. The number of pyridine rings is 1. The van der Waals surface area contributed by atoms with Gasteiger partial charge in [-0.3, -0.25) is 9.67 Å². The minimum atomic E-state index is -0.188. The molecule has 0 saturated heterocycles. The lowest BCUT2D eigenvalue weighted by atomic mass is 9.97. The summed E-state index contributed by atoms with van der Waals surface area (Å²) in [4.78, 5) is 4.33. The fraction of sp³-hybridized carbons (Fsp3) is 0.176. The minimum Gasteiger partial charge on any atom is -0.268 e. The Morgan fingerprint density at radius 3 is 2.62 bits per heavy atom. The summed E-state index contributed by atoms with van der Waals surface area (Å²) in [7, 11) is 0. The molecule has 3 nitrogen and oxygen atoms in total. The van der Waals surface area contributed by atoms with Gasteiger partial charge in [-0.1, -0.05) is 18.2 Å². The van der Waals surface area contributed by atoms with Gasteiger partial charge in [-0.2, -0.15) is 5.10 Å². The first kappa shape index (κ1) is 12.3. The molecule has 0 fully saturated rings. The second-order valence-electron chi connectivity index (χ2n) is 5.37. The summed E-state index contributed by atoms with van der Waals surface area (Å²) in [6, 6.07) is 14.7. The molecule has 0 bridgehead atoms. The van der Waals surface area contributed by atoms with Crippen LogP contribution >= 0.6 is 0 Å². The van der Waals surface area contributed by atoms with Crippen molar-refractivity contribution in [1.82, 2.24) is 14.8 Å². The summed E-state index contributed by atoms with van der Waals surface area (Å²) < 4.78 is 15.0. The number of halogens is 1. The highest BCUT2D eigenvalue weighted by atomic mass is 19.1. The summed E-state index contributed by atoms with van der Waals surface area (Å²) in [6.45, 7) is 0.841. The quantitative estimate of drug-likeness (QED) is 0.719. The van der Waals surface area contributed by atoms with E-state index in [1.165, 1.54) is 23.4 Å². The van der Waals surface area contributed by atoms with E-state index in [2.05, 4.69) is 16.1 Å². The van der Waals surface area contributed by atoms with Crippen molar-refractivity contribution in [2.24, 2.45) is 0 Å². The number of aromatic nitrogens is 3. The molecule has 104 valence electrons. The van der Waals surface area contributed by atoms with Gasteiger partial charge in [-0.25, -0.2) is 4.39 Å². The van der Waals surface area contributed by atoms with Crippen molar-refractivity contribution in [1.29, 1.82) is 0 Å². The molecule has 1 aromatic carbocycles. The molecular weight excluding hydrogens is 265 g/mol. The number of nitrogens with zero attached hydrogens (tertiary/aromatic N) is 3. The smallest absolute Gasteiger partial charge is 0.123 e. The lowest BCUT2D eigenvalue weighted by molar-refractivity contribution is 0.593. The molecule has 0 saturated carbocycles. The Morgan fingerprint density at radius 2 is 1.90 bits per heavy atom. The summed E-state index contributed by atoms with van der Waals surface area (Å²) in [5, 5.41) is 4.63. The van der Waals surface area contributed by atoms with Gasteiger partial charge >= 0.3 is 0 Å². The van der Waals surface area contributed by atoms with E-state index in [0.29, 0.717) is 5.92 Å². The highest BCUT2D eigenvalue weighted by Gasteiger charge is 2.25. The van der Waals surface area contributed by atoms with Crippen LogP contribution < -0.4 is 0 Å². The molecule has 3 heterocycles. The molecule has 2 aromatic heterocycles. The summed E-state index contributed by atoms with van der Waals surface area (Å²) in [6.07, 6.45) is 2.71. The molecule has 1 atom stereocenters. The molecule has 4 heteroatoms. The van der Waals surface area contributed by atoms with Crippen molar-refractivity contribution < 1.29 is 4.39 Å². The highest BCUT2D eigenvalue weighted by Crippen LogP contribution is 2.31. The van der Waals surface area contributed by atoms with Gasteiger partial charge in [0.15, 0.2) is 0 Å². The lowest BCUT2D eigenvalue weighted by Gasteiger charge is -2.08. The van der Waals surface area contributed by atoms with Crippen molar-refractivity contribution in [3.63, 3.8) is 0 Å². The molecule has 0 N–H and O–H groups in total. The Balaban J connectivity index is 1.59. The lowest BCUT2D eigenvalue weighted by Crippen LogP contribution is -2.03. The zero-order valence-electron chi connectivity index (χ0n) is 11.4. The van der Waals surface area contributed by atoms with Gasteiger partial charge in [0, 0.05) is 24.4 Å². The van der Waals surface area contributed by atoms with Gasteiger partial charge in [0.05, 0.1) is 5.69 Å². The van der Waals surface area contributed by atoms with E-state index in [4.69, 9.17) is 0 Å². The van der Waals surface area contributed by atoms with Crippen molar-refractivity contribution in [2.75, 3.05) is 0 Å². The molecule has 0 spiro atoms. The van der Waals surface area contributed by atoms with Gasteiger partial charge in [0.1, 0.15) is 11.5 Å². The van der Waals surface area contributed by atoms with E-state index in [1.807, 2.05) is 35.0 Å². The van der Waals surface area contributed by atoms with Crippen molar-refractivity contribution >= 4 is 0 Å². The van der Waals surface area contributed by atoms with Crippen LogP contribution in [0.4, 0.5) is 4.39 Å². The first-order valence-corrected chi connectivity index (χ1v) is 7.03. The Hall–Kier alpha value is -2.49. The summed E-state index contributed by atoms with van der Waals surface area (Å²) in [5.41, 5.74) is 4.20. The number of rotatable bonds is 2. The fourth-order valence-electron chi connectivity index (χ4n) is 2.90. The summed E-state index contributed by atoms with van der Waals surface area (Å²) in [5.74, 6) is 0.192. The Morgan fingerprint density at radius 1 is 1.05 bits per heavy atom. The van der Waals surface area contributed by atoms with E-state index in [-0.39, 0.29) is 5.82 Å². The standard InChI is InChI=1S/C17H14FN3/c18-14-6-4-12(5-7-14)13-9-15-10-17(20-21(15)11-13)16-3-1-2-8-19-16/h1-8,10,13H,9,11H2. The Bertz CT molecular complexity index is 739. The molecule has 1 aliphatic heterocycles. The third-order valence-electron chi connectivity index (χ3n) is 3.98. The number of fused-ring (bicyclic) bond motifs is 1. The van der Waals surface area contributed by atoms with Crippen LogP contribution in [-0.2, 0) is 13.0 Å². The first-order valence-electron chi connectivity index (χ1n) is 7.03. The third-order valence-corrected chi connectivity index (χ3v) is 3.98. The average molecular weight is 279 g/mol. The van der Waals surface area contributed by atoms with Crippen LogP contribution in [0.15, 0.2) is 54.7 Å². The van der Waals surface area contributed by atoms with Crippen molar-refractivity contribution in [3.8, 4) is 11.4 Å². The highest BCUT2D eigenvalue weighted by molar-refractivity contribution is 5.54. The molecule has 1 unspecified atom stereocenters. The monoisotopic (exact) mass is 279 g/mol. The van der Waals surface area contributed by atoms with Crippen molar-refractivity contribution in [2.45, 2.75) is 18.9 Å². The van der Waals surface area contributed by atoms with E-state index < -0.39 is 0 Å². The van der Waals surface area contributed by atoms with Gasteiger partial charge in [0.25, 0.3) is 0 Å². The molecule has 1 aliphatic rings. The molecule has 4 rings (SSSR count). The Kier molecular flexibility index (Phi) is 2.81. The predicted molar refractivity (Wildman–Crippen MR) is 78.3 cm³/mol. The molecule has 3 aromatic rings. The third kappa shape index (κ3) is 2.23. The fourth-order valence-corrected chi connectivity index (χ4v) is 2.90. The van der Waals surface area contributed by atoms with Gasteiger partial charge in [-0.05, 0) is 42.3 Å². The van der Waals surface area contributed by atoms with Crippen LogP contribution in [0.3, 0.4) is 0 Å². The molecular formula is C17H14FN3. The molecule has 21 heavy (non-hydrogen) atoms. The summed E-state index contributed by atoms with van der Waals surface area (Å²) >= 11 is 0. The first-order chi connectivity index (χ1) is 10.3. The largest absolute Gasteiger partial charge is 0.268 e. The van der Waals surface area contributed by atoms with Crippen LogP contribution in [0, 0.1) is 5.82 Å². The molecule has 0 aliphatic carbocycles. The molecule has 0 radical (unpaired) electrons. The zero-order chi connectivity index (χ0) is 14.2. The van der Waals surface area contributed by atoms with Gasteiger partial charge in [-0.15, -0.1) is 0 Å². The van der Waals surface area contributed by atoms with Crippen molar-refractivity contribution in [3.05, 3.63) is 71.8 Å². The number of benzene rings is 1. The van der Waals surface area contributed by atoms with Crippen LogP contribution in [0.25, 0.3) is 11.4 Å². The van der Waals surface area contributed by atoms with Gasteiger partial charge in [0.2, 0.25) is 0 Å². The van der Waals surface area contributed by atoms with Crippen LogP contribution in [0.2, 0.25) is 0 Å². The van der Waals surface area contributed by atoms with E-state index in [9.17, 15) is 4.39 Å². The second-order valence-corrected chi connectivity index (χ2v) is 5.37. The predicted octanol–water partition coefficient (Wildman–Crippen LogP) is 3.42. The second kappa shape index (κ2) is 4.81. The van der Waals surface area contributed by atoms with Crippen LogP contribution in [-0.4, -0.2) is 14.8 Å². The SMILES string of the molecule is Fc1ccc(C2Cc3cc(-c4ccccn4)nn3C2)cc1. The van der Waals surface area contributed by atoms with E-state index in [0.717, 1.165) is 24.4 Å². The maximum Gasteiger partial charge on any atom is 0.123 e. The van der Waals surface area contributed by atoms with Gasteiger partial charge < -0.3 is 0 Å².